The van der Waals surface area contributed by atoms with Crippen LogP contribution in [0.25, 0.3) is 0 Å². The van der Waals surface area contributed by atoms with Crippen molar-refractivity contribution in [1.82, 2.24) is 9.78 Å². The number of halogens is 4. The maximum Gasteiger partial charge on any atom is 0.270 e. The normalized spacial score (nSPS) is 11.4. The zero-order chi connectivity index (χ0) is 21.3. The van der Waals surface area contributed by atoms with Crippen molar-refractivity contribution in [3.8, 4) is 0 Å². The molecule has 3 aromatic rings. The van der Waals surface area contributed by atoms with Crippen LogP contribution in [0.15, 0.2) is 47.5 Å². The maximum absolute atomic E-state index is 13.7. The van der Waals surface area contributed by atoms with Gasteiger partial charge in [0.2, 0.25) is 0 Å². The summed E-state index contributed by atoms with van der Waals surface area (Å²) in [7, 11) is -4.26. The Bertz CT molecular complexity index is 1190. The highest BCUT2D eigenvalue weighted by atomic mass is 32.2. The van der Waals surface area contributed by atoms with E-state index in [0.29, 0.717) is 0 Å². The monoisotopic (exact) mass is 430 g/mol. The predicted molar refractivity (Wildman–Crippen MR) is 91.5 cm³/mol. The number of aromatic nitrogens is 2. The molecule has 0 saturated heterocycles. The van der Waals surface area contributed by atoms with Gasteiger partial charge in [-0.2, -0.15) is 5.10 Å². The van der Waals surface area contributed by atoms with Gasteiger partial charge in [-0.3, -0.25) is 19.5 Å². The van der Waals surface area contributed by atoms with Crippen LogP contribution in [0.1, 0.15) is 5.56 Å². The predicted octanol–water partition coefficient (Wildman–Crippen LogP) is 3.20. The third kappa shape index (κ3) is 4.18. The van der Waals surface area contributed by atoms with Gasteiger partial charge >= 0.3 is 0 Å². The van der Waals surface area contributed by atoms with Crippen molar-refractivity contribution in [1.29, 1.82) is 0 Å². The molecule has 3 rings (SSSR count). The fourth-order valence-electron chi connectivity index (χ4n) is 2.39. The third-order valence-corrected chi connectivity index (χ3v) is 5.09. The molecule has 0 fully saturated rings. The first kappa shape index (κ1) is 20.3. The van der Waals surface area contributed by atoms with Gasteiger partial charge in [-0.15, -0.1) is 0 Å². The average Bonchev–Trinajstić information content (AvgIpc) is 3.10. The Hall–Kier alpha value is -3.48. The summed E-state index contributed by atoms with van der Waals surface area (Å²) in [6.45, 7) is -0.717. The Kier molecular flexibility index (Phi) is 5.24. The van der Waals surface area contributed by atoms with E-state index in [-0.39, 0.29) is 11.9 Å². The minimum Gasteiger partial charge on any atom is -0.266 e. The van der Waals surface area contributed by atoms with Crippen molar-refractivity contribution < 1.29 is 30.9 Å². The van der Waals surface area contributed by atoms with Crippen LogP contribution in [-0.2, 0) is 16.6 Å². The van der Waals surface area contributed by atoms with Crippen molar-refractivity contribution in [2.24, 2.45) is 0 Å². The van der Waals surface area contributed by atoms with E-state index in [9.17, 15) is 36.1 Å². The number of anilines is 1. The number of hydrogen-bond donors (Lipinski definition) is 1. The molecule has 0 bridgehead atoms. The summed E-state index contributed by atoms with van der Waals surface area (Å²) in [5, 5.41) is 14.5. The first-order valence-electron chi connectivity index (χ1n) is 7.71. The average molecular weight is 430 g/mol. The van der Waals surface area contributed by atoms with Crippen molar-refractivity contribution in [3.63, 3.8) is 0 Å². The fraction of sp³-hybridized carbons (Fsp3) is 0.0625. The van der Waals surface area contributed by atoms with Gasteiger partial charge in [0.1, 0.15) is 0 Å². The molecule has 0 aliphatic carbocycles. The second-order valence-electron chi connectivity index (χ2n) is 5.71. The van der Waals surface area contributed by atoms with Gasteiger partial charge in [0.05, 0.1) is 21.9 Å². The molecule has 0 atom stereocenters. The Morgan fingerprint density at radius 2 is 1.72 bits per heavy atom. The van der Waals surface area contributed by atoms with Gasteiger partial charge in [0.25, 0.3) is 15.7 Å². The summed E-state index contributed by atoms with van der Waals surface area (Å²) in [4.78, 5) is 9.60. The number of rotatable bonds is 6. The van der Waals surface area contributed by atoms with Crippen molar-refractivity contribution in [2.45, 2.75) is 11.4 Å². The molecule has 1 heterocycles. The number of nitro groups is 1. The van der Waals surface area contributed by atoms with Crippen molar-refractivity contribution in [3.05, 3.63) is 81.5 Å². The second-order valence-corrected chi connectivity index (χ2v) is 7.39. The minimum absolute atomic E-state index is 0.0653. The van der Waals surface area contributed by atoms with Crippen LogP contribution in [0.2, 0.25) is 0 Å². The van der Waals surface area contributed by atoms with E-state index in [1.54, 1.807) is 0 Å². The molecule has 0 aliphatic heterocycles. The van der Waals surface area contributed by atoms with E-state index in [4.69, 9.17) is 0 Å². The van der Waals surface area contributed by atoms with E-state index < -0.39 is 60.9 Å². The summed E-state index contributed by atoms with van der Waals surface area (Å²) in [6.07, 6.45) is 1.12. The van der Waals surface area contributed by atoms with Gasteiger partial charge < -0.3 is 0 Å². The molecule has 8 nitrogen and oxygen atoms in total. The van der Waals surface area contributed by atoms with Crippen LogP contribution >= 0.6 is 0 Å². The molecule has 1 N–H and O–H groups in total. The number of hydrogen-bond acceptors (Lipinski definition) is 5. The zero-order valence-corrected chi connectivity index (χ0v) is 15.0. The molecule has 152 valence electrons. The quantitative estimate of drug-likeness (QED) is 0.280. The van der Waals surface area contributed by atoms with Gasteiger partial charge in [-0.1, -0.05) is 6.07 Å². The minimum atomic E-state index is -4.26. The highest BCUT2D eigenvalue weighted by Crippen LogP contribution is 2.22. The first-order valence-corrected chi connectivity index (χ1v) is 9.19. The van der Waals surface area contributed by atoms with Crippen LogP contribution < -0.4 is 4.72 Å². The van der Waals surface area contributed by atoms with Crippen molar-refractivity contribution >= 4 is 21.5 Å². The molecule has 0 aliphatic rings. The van der Waals surface area contributed by atoms with Gasteiger partial charge in [-0.25, -0.2) is 26.0 Å². The summed E-state index contributed by atoms with van der Waals surface area (Å²) in [5.41, 5.74) is -1.38. The Morgan fingerprint density at radius 1 is 1.07 bits per heavy atom. The Morgan fingerprint density at radius 3 is 2.34 bits per heavy atom. The summed E-state index contributed by atoms with van der Waals surface area (Å²) in [6, 6.07) is 5.42. The summed E-state index contributed by atoms with van der Waals surface area (Å²) < 4.78 is 81.6. The fourth-order valence-corrected chi connectivity index (χ4v) is 3.42. The molecule has 0 saturated carbocycles. The molecule has 29 heavy (non-hydrogen) atoms. The molecular weight excluding hydrogens is 420 g/mol. The van der Waals surface area contributed by atoms with Crippen LogP contribution in [0.3, 0.4) is 0 Å². The standard InChI is InChI=1S/C16H10F4N4O4S/c17-12-7-13(18)16(20)11(15(12)19)8-23-5-4-14(21-23)22-29(27,28)10-3-1-2-9(6-10)24(25)26/h1-7H,8H2,(H,21,22). The number of nitrogens with zero attached hydrogens (tertiary/aromatic N) is 3. The number of nitro benzene ring substituents is 1. The van der Waals surface area contributed by atoms with Gasteiger partial charge in [0.15, 0.2) is 29.1 Å². The lowest BCUT2D eigenvalue weighted by Crippen LogP contribution is -2.14. The van der Waals surface area contributed by atoms with Gasteiger partial charge in [0, 0.05) is 30.5 Å². The smallest absolute Gasteiger partial charge is 0.266 e. The number of benzene rings is 2. The molecule has 0 amide bonds. The lowest BCUT2D eigenvalue weighted by Gasteiger charge is -2.08. The lowest BCUT2D eigenvalue weighted by molar-refractivity contribution is -0.385. The van der Waals surface area contributed by atoms with Crippen LogP contribution in [-0.4, -0.2) is 23.1 Å². The Balaban J connectivity index is 1.84. The first-order chi connectivity index (χ1) is 13.6. The van der Waals surface area contributed by atoms with E-state index >= 15 is 0 Å². The van der Waals surface area contributed by atoms with Crippen molar-refractivity contribution in [2.75, 3.05) is 4.72 Å². The van der Waals surface area contributed by atoms with Crippen LogP contribution in [0, 0.1) is 33.4 Å². The summed E-state index contributed by atoms with van der Waals surface area (Å²) in [5.74, 6) is -6.65. The van der Waals surface area contributed by atoms with E-state index in [0.717, 1.165) is 35.1 Å². The molecular formula is C16H10F4N4O4S. The molecule has 0 unspecified atom stereocenters. The second kappa shape index (κ2) is 7.50. The molecule has 1 aromatic heterocycles. The molecule has 0 spiro atoms. The maximum atomic E-state index is 13.7. The molecule has 13 heteroatoms. The highest BCUT2D eigenvalue weighted by molar-refractivity contribution is 7.92. The number of nitrogens with one attached hydrogen (secondary N) is 1. The SMILES string of the molecule is O=[N+]([O-])c1cccc(S(=O)(=O)Nc2ccn(Cc3c(F)c(F)cc(F)c3F)n2)c1. The molecule has 0 radical (unpaired) electrons. The van der Waals surface area contributed by atoms with E-state index in [1.807, 2.05) is 4.72 Å². The summed E-state index contributed by atoms with van der Waals surface area (Å²) >= 11 is 0. The van der Waals surface area contributed by atoms with E-state index in [2.05, 4.69) is 5.10 Å². The van der Waals surface area contributed by atoms with E-state index in [1.165, 1.54) is 6.07 Å². The highest BCUT2D eigenvalue weighted by Gasteiger charge is 2.21. The lowest BCUT2D eigenvalue weighted by atomic mass is 10.2. The zero-order valence-electron chi connectivity index (χ0n) is 14.1. The molecule has 2 aromatic carbocycles. The van der Waals surface area contributed by atoms with Crippen LogP contribution in [0.4, 0.5) is 29.1 Å². The topological polar surface area (TPSA) is 107 Å². The number of sulfonamides is 1. The third-order valence-electron chi connectivity index (χ3n) is 3.74. The largest absolute Gasteiger partial charge is 0.270 e. The van der Waals surface area contributed by atoms with Gasteiger partial charge in [-0.05, 0) is 6.07 Å². The number of non-ortho nitro benzene ring substituents is 1. The Labute approximate surface area is 160 Å². The van der Waals surface area contributed by atoms with Crippen LogP contribution in [0.5, 0.6) is 0 Å².